The lowest BCUT2D eigenvalue weighted by Gasteiger charge is -2.16. The zero-order chi connectivity index (χ0) is 17.7. The van der Waals surface area contributed by atoms with Crippen LogP contribution in [0.15, 0.2) is 29.4 Å². The molecule has 4 N–H and O–H groups in total. The molecule has 0 bridgehead atoms. The highest BCUT2D eigenvalue weighted by Crippen LogP contribution is 2.27. The lowest BCUT2D eigenvalue weighted by atomic mass is 10.1. The summed E-state index contributed by atoms with van der Waals surface area (Å²) in [6, 6.07) is 6.48. The summed E-state index contributed by atoms with van der Waals surface area (Å²) in [6.45, 7) is 3.74. The topological polar surface area (TPSA) is 123 Å². The highest BCUT2D eigenvalue weighted by molar-refractivity contribution is 8.00. The molecule has 2 aromatic rings. The average Bonchev–Trinajstić information content (AvgIpc) is 3.00. The summed E-state index contributed by atoms with van der Waals surface area (Å²) in [6.07, 6.45) is 0. The van der Waals surface area contributed by atoms with Crippen LogP contribution >= 0.6 is 11.8 Å². The van der Waals surface area contributed by atoms with Crippen LogP contribution in [-0.4, -0.2) is 39.5 Å². The Bertz CT molecular complexity index is 714. The Kier molecular flexibility index (Phi) is 5.80. The second kappa shape index (κ2) is 7.82. The van der Waals surface area contributed by atoms with Crippen LogP contribution in [0, 0.1) is 5.92 Å². The molecule has 9 heteroatoms. The van der Waals surface area contributed by atoms with Gasteiger partial charge in [0.2, 0.25) is 11.1 Å². The molecule has 0 saturated carbocycles. The van der Waals surface area contributed by atoms with Gasteiger partial charge in [-0.1, -0.05) is 25.6 Å². The van der Waals surface area contributed by atoms with Crippen molar-refractivity contribution in [1.82, 2.24) is 20.5 Å². The van der Waals surface area contributed by atoms with E-state index in [-0.39, 0.29) is 5.92 Å². The van der Waals surface area contributed by atoms with Crippen LogP contribution < -0.4 is 15.8 Å². The number of aromatic nitrogens is 3. The minimum atomic E-state index is -0.875. The number of urea groups is 1. The third kappa shape index (κ3) is 4.48. The third-order valence-electron chi connectivity index (χ3n) is 3.17. The van der Waals surface area contributed by atoms with Crippen molar-refractivity contribution in [1.29, 1.82) is 0 Å². The molecule has 0 fully saturated rings. The van der Waals surface area contributed by atoms with Gasteiger partial charge in [-0.15, -0.1) is 5.10 Å². The number of nitrogens with zero attached hydrogens (tertiary/aromatic N) is 2. The Labute approximate surface area is 143 Å². The Hall–Kier alpha value is -2.55. The van der Waals surface area contributed by atoms with Gasteiger partial charge in [-0.3, -0.25) is 15.2 Å². The molecule has 0 spiro atoms. The smallest absolute Gasteiger partial charge is 0.318 e. The lowest BCUT2D eigenvalue weighted by molar-refractivity contribution is -0.120. The Morgan fingerprint density at radius 3 is 2.50 bits per heavy atom. The van der Waals surface area contributed by atoms with Gasteiger partial charge in [0.15, 0.2) is 5.82 Å². The number of nitrogens with two attached hydrogens (primary N) is 1. The summed E-state index contributed by atoms with van der Waals surface area (Å²) < 4.78 is 5.11. The summed E-state index contributed by atoms with van der Waals surface area (Å²) >= 11 is 1.17. The number of rotatable bonds is 6. The van der Waals surface area contributed by atoms with Gasteiger partial charge in [0.1, 0.15) is 5.75 Å². The van der Waals surface area contributed by atoms with E-state index in [4.69, 9.17) is 10.5 Å². The monoisotopic (exact) mass is 349 g/mol. The van der Waals surface area contributed by atoms with Crippen molar-refractivity contribution in [3.05, 3.63) is 24.3 Å². The maximum Gasteiger partial charge on any atom is 0.318 e. The van der Waals surface area contributed by atoms with Gasteiger partial charge in [-0.2, -0.15) is 0 Å². The van der Waals surface area contributed by atoms with E-state index in [0.29, 0.717) is 11.0 Å². The van der Waals surface area contributed by atoms with Crippen LogP contribution in [-0.2, 0) is 4.79 Å². The molecule has 2 rings (SSSR count). The number of carbonyl (C=O) groups is 2. The number of H-pyrrole nitrogens is 1. The van der Waals surface area contributed by atoms with Crippen LogP contribution in [0.4, 0.5) is 4.79 Å². The van der Waals surface area contributed by atoms with Crippen molar-refractivity contribution in [2.45, 2.75) is 24.3 Å². The molecule has 0 unspecified atom stereocenters. The fourth-order valence-electron chi connectivity index (χ4n) is 1.98. The minimum Gasteiger partial charge on any atom is -0.497 e. The first-order valence-electron chi connectivity index (χ1n) is 7.24. The van der Waals surface area contributed by atoms with Gasteiger partial charge < -0.3 is 10.5 Å². The van der Waals surface area contributed by atoms with E-state index in [1.54, 1.807) is 7.11 Å². The fraction of sp³-hybridized carbons (Fsp3) is 0.333. The summed E-state index contributed by atoms with van der Waals surface area (Å²) in [5, 5.41) is 8.94. The molecule has 3 amide bonds. The summed E-state index contributed by atoms with van der Waals surface area (Å²) in [5.74, 6) is 0.837. The standard InChI is InChI=1S/C15H19N5O3S/c1-8(2)11(13(21)18-14(16)22)24-15-17-12(19-20-15)9-4-6-10(23-3)7-5-9/h4-8,11H,1-3H3,(H,17,19,20)(H3,16,18,21,22)/t11-/m1/s1. The average molecular weight is 349 g/mol. The van der Waals surface area contributed by atoms with Crippen molar-refractivity contribution in [2.24, 2.45) is 11.7 Å². The normalized spacial score (nSPS) is 12.0. The molecule has 1 aromatic heterocycles. The predicted molar refractivity (Wildman–Crippen MR) is 90.6 cm³/mol. The summed E-state index contributed by atoms with van der Waals surface area (Å²) in [7, 11) is 1.60. The summed E-state index contributed by atoms with van der Waals surface area (Å²) in [5.41, 5.74) is 5.85. The van der Waals surface area contributed by atoms with Crippen molar-refractivity contribution in [2.75, 3.05) is 7.11 Å². The predicted octanol–water partition coefficient (Wildman–Crippen LogP) is 1.79. The molecule has 1 atom stereocenters. The van der Waals surface area contributed by atoms with Crippen LogP contribution in [0.2, 0.25) is 0 Å². The number of amides is 3. The molecule has 0 aliphatic heterocycles. The largest absolute Gasteiger partial charge is 0.497 e. The van der Waals surface area contributed by atoms with Crippen LogP contribution in [0.1, 0.15) is 13.8 Å². The number of hydrogen-bond donors (Lipinski definition) is 3. The highest BCUT2D eigenvalue weighted by Gasteiger charge is 2.26. The molecule has 1 aromatic carbocycles. The van der Waals surface area contributed by atoms with E-state index in [2.05, 4.69) is 20.5 Å². The highest BCUT2D eigenvalue weighted by atomic mass is 32.2. The van der Waals surface area contributed by atoms with Gasteiger partial charge in [-0.25, -0.2) is 9.78 Å². The molecule has 0 radical (unpaired) electrons. The first-order valence-corrected chi connectivity index (χ1v) is 8.12. The van der Waals surface area contributed by atoms with Gasteiger partial charge in [-0.05, 0) is 30.2 Å². The Morgan fingerprint density at radius 1 is 1.29 bits per heavy atom. The first-order chi connectivity index (χ1) is 11.4. The number of carbonyl (C=O) groups excluding carboxylic acids is 2. The van der Waals surface area contributed by atoms with E-state index in [9.17, 15) is 9.59 Å². The Morgan fingerprint density at radius 2 is 1.96 bits per heavy atom. The zero-order valence-electron chi connectivity index (χ0n) is 13.6. The number of thioether (sulfide) groups is 1. The van der Waals surface area contributed by atoms with Crippen molar-refractivity contribution in [3.8, 4) is 17.1 Å². The SMILES string of the molecule is COc1ccc(-c2nc(S[C@@H](C(=O)NC(N)=O)C(C)C)n[nH]2)cc1. The second-order valence-electron chi connectivity index (χ2n) is 5.33. The molecular formula is C15H19N5O3S. The lowest BCUT2D eigenvalue weighted by Crippen LogP contribution is -2.42. The molecule has 0 saturated heterocycles. The number of primary amides is 1. The van der Waals surface area contributed by atoms with Crippen LogP contribution in [0.5, 0.6) is 5.75 Å². The Balaban J connectivity index is 2.13. The molecule has 1 heterocycles. The number of benzene rings is 1. The van der Waals surface area contributed by atoms with E-state index in [0.717, 1.165) is 11.3 Å². The molecule has 0 aliphatic carbocycles. The quantitative estimate of drug-likeness (QED) is 0.683. The van der Waals surface area contributed by atoms with E-state index >= 15 is 0 Å². The van der Waals surface area contributed by atoms with Crippen molar-refractivity contribution < 1.29 is 14.3 Å². The molecule has 24 heavy (non-hydrogen) atoms. The van der Waals surface area contributed by atoms with Crippen molar-refractivity contribution >= 4 is 23.7 Å². The van der Waals surface area contributed by atoms with E-state index < -0.39 is 17.2 Å². The molecular weight excluding hydrogens is 330 g/mol. The number of hydrogen-bond acceptors (Lipinski definition) is 6. The minimum absolute atomic E-state index is 0.0303. The van der Waals surface area contributed by atoms with Crippen molar-refractivity contribution in [3.63, 3.8) is 0 Å². The van der Waals surface area contributed by atoms with Gasteiger partial charge in [0.25, 0.3) is 0 Å². The number of aromatic amines is 1. The van der Waals surface area contributed by atoms with E-state index in [1.807, 2.05) is 38.1 Å². The maximum absolute atomic E-state index is 12.0. The maximum atomic E-state index is 12.0. The van der Waals surface area contributed by atoms with E-state index in [1.165, 1.54) is 11.8 Å². The molecule has 8 nitrogen and oxygen atoms in total. The first kappa shape index (κ1) is 17.8. The van der Waals surface area contributed by atoms with Gasteiger partial charge >= 0.3 is 6.03 Å². The fourth-order valence-corrected chi connectivity index (χ4v) is 2.88. The van der Waals surface area contributed by atoms with Gasteiger partial charge in [0, 0.05) is 5.56 Å². The number of ether oxygens (including phenoxy) is 1. The summed E-state index contributed by atoms with van der Waals surface area (Å²) in [4.78, 5) is 27.3. The number of methoxy groups -OCH3 is 1. The zero-order valence-corrected chi connectivity index (χ0v) is 14.4. The molecule has 128 valence electrons. The second-order valence-corrected chi connectivity index (χ2v) is 6.44. The molecule has 0 aliphatic rings. The number of nitrogens with one attached hydrogen (secondary N) is 2. The van der Waals surface area contributed by atoms with Crippen LogP contribution in [0.25, 0.3) is 11.4 Å². The number of imide groups is 1. The van der Waals surface area contributed by atoms with Gasteiger partial charge in [0.05, 0.1) is 12.4 Å². The third-order valence-corrected chi connectivity index (χ3v) is 4.58. The van der Waals surface area contributed by atoms with Crippen LogP contribution in [0.3, 0.4) is 0 Å².